The number of rotatable bonds is 3. The van der Waals surface area contributed by atoms with Gasteiger partial charge in [-0.05, 0) is 42.5 Å². The van der Waals surface area contributed by atoms with Crippen LogP contribution in [-0.2, 0) is 9.84 Å². The molecule has 2 atom stereocenters. The van der Waals surface area contributed by atoms with Crippen molar-refractivity contribution in [2.24, 2.45) is 4.99 Å². The minimum absolute atomic E-state index is 0.000229. The molecule has 0 saturated carbocycles. The maximum atomic E-state index is 12.3. The number of thioether (sulfide) groups is 1. The lowest BCUT2D eigenvalue weighted by atomic mass is 10.2. The van der Waals surface area contributed by atoms with Crippen LogP contribution in [0.3, 0.4) is 0 Å². The summed E-state index contributed by atoms with van der Waals surface area (Å²) in [4.78, 5) is 16.8. The Hall–Kier alpha value is -2.03. The van der Waals surface area contributed by atoms with Gasteiger partial charge in [0.1, 0.15) is 0 Å². The fourth-order valence-corrected chi connectivity index (χ4v) is 6.88. The summed E-state index contributed by atoms with van der Waals surface area (Å²) in [6.45, 7) is 0. The van der Waals surface area contributed by atoms with Crippen LogP contribution in [-0.4, -0.2) is 42.3 Å². The molecule has 2 aliphatic rings. The zero-order chi connectivity index (χ0) is 19.0. The second-order valence-corrected chi connectivity index (χ2v) is 10.2. The van der Waals surface area contributed by atoms with E-state index in [1.165, 1.54) is 11.8 Å². The van der Waals surface area contributed by atoms with Crippen LogP contribution < -0.4 is 10.6 Å². The molecule has 0 spiro atoms. The van der Waals surface area contributed by atoms with E-state index >= 15 is 0 Å². The van der Waals surface area contributed by atoms with Gasteiger partial charge < -0.3 is 10.6 Å². The molecule has 4 rings (SSSR count). The quantitative estimate of drug-likeness (QED) is 0.794. The number of nitrogens with zero attached hydrogens (tertiary/aromatic N) is 1. The molecular weight excluding hydrogens is 406 g/mol. The Labute approximate surface area is 166 Å². The number of benzene rings is 2. The molecule has 1 amide bonds. The summed E-state index contributed by atoms with van der Waals surface area (Å²) < 4.78 is 23.2. The van der Waals surface area contributed by atoms with Gasteiger partial charge in [-0.3, -0.25) is 9.79 Å². The number of sulfone groups is 1. The van der Waals surface area contributed by atoms with Crippen LogP contribution in [0.2, 0.25) is 5.02 Å². The molecule has 0 aliphatic carbocycles. The topological polar surface area (TPSA) is 87.6 Å². The molecule has 27 heavy (non-hydrogen) atoms. The third-order valence-electron chi connectivity index (χ3n) is 4.30. The number of nitrogens with one attached hydrogen (secondary N) is 2. The molecule has 140 valence electrons. The number of halogens is 1. The Morgan fingerprint density at radius 3 is 2.59 bits per heavy atom. The fourth-order valence-electron chi connectivity index (χ4n) is 3.01. The van der Waals surface area contributed by atoms with Crippen molar-refractivity contribution >= 4 is 55.6 Å². The monoisotopic (exact) mass is 421 g/mol. The van der Waals surface area contributed by atoms with E-state index in [4.69, 9.17) is 11.6 Å². The maximum Gasteiger partial charge on any atom is 0.255 e. The number of carbonyl (C=O) groups excluding carboxylic acids is 1. The van der Waals surface area contributed by atoms with Crippen molar-refractivity contribution in [2.45, 2.75) is 11.3 Å². The lowest BCUT2D eigenvalue weighted by Gasteiger charge is -2.09. The van der Waals surface area contributed by atoms with Crippen LogP contribution in [0.4, 0.5) is 11.4 Å². The van der Waals surface area contributed by atoms with Crippen molar-refractivity contribution in [3.63, 3.8) is 0 Å². The van der Waals surface area contributed by atoms with Gasteiger partial charge in [-0.1, -0.05) is 29.4 Å². The Balaban J connectivity index is 1.39. The molecule has 2 aromatic rings. The van der Waals surface area contributed by atoms with Crippen molar-refractivity contribution in [1.82, 2.24) is 0 Å². The molecule has 2 aliphatic heterocycles. The Bertz CT molecular complexity index is 1020. The minimum Gasteiger partial charge on any atom is -0.335 e. The van der Waals surface area contributed by atoms with Crippen molar-refractivity contribution in [2.75, 3.05) is 22.1 Å². The normalized spacial score (nSPS) is 22.8. The molecule has 6 nitrogen and oxygen atoms in total. The first kappa shape index (κ1) is 18.3. The highest BCUT2D eigenvalue weighted by Gasteiger charge is 2.42. The van der Waals surface area contributed by atoms with E-state index in [-0.39, 0.29) is 28.7 Å². The summed E-state index contributed by atoms with van der Waals surface area (Å²) in [5.74, 6) is 0.0779. The standard InChI is InChI=1S/C18H16ClN3O3S2/c19-12-2-1-3-14(8-12)20-17(23)11-4-6-13(7-5-11)21-18-22-15-9-27(24,25)10-16(15)26-18/h1-8,15-16H,9-10H2,(H,20,23)(H,21,22)/t15-,16-/m1/s1. The van der Waals surface area contributed by atoms with E-state index in [2.05, 4.69) is 15.6 Å². The maximum absolute atomic E-state index is 12.3. The second kappa shape index (κ2) is 7.18. The van der Waals surface area contributed by atoms with Gasteiger partial charge in [-0.25, -0.2) is 8.42 Å². The van der Waals surface area contributed by atoms with Gasteiger partial charge in [-0.2, -0.15) is 0 Å². The molecule has 2 aromatic carbocycles. The van der Waals surface area contributed by atoms with Gasteiger partial charge in [0, 0.05) is 27.2 Å². The van der Waals surface area contributed by atoms with Gasteiger partial charge in [0.05, 0.1) is 17.5 Å². The van der Waals surface area contributed by atoms with Crippen molar-refractivity contribution in [3.05, 3.63) is 59.1 Å². The smallest absolute Gasteiger partial charge is 0.255 e. The van der Waals surface area contributed by atoms with Gasteiger partial charge in [-0.15, -0.1) is 0 Å². The molecule has 0 unspecified atom stereocenters. The van der Waals surface area contributed by atoms with E-state index in [0.29, 0.717) is 16.3 Å². The summed E-state index contributed by atoms with van der Waals surface area (Å²) in [5.41, 5.74) is 1.95. The zero-order valence-electron chi connectivity index (χ0n) is 14.1. The molecule has 2 heterocycles. The number of carbonyl (C=O) groups is 1. The Morgan fingerprint density at radius 2 is 1.89 bits per heavy atom. The summed E-state index contributed by atoms with van der Waals surface area (Å²) >= 11 is 7.38. The molecule has 1 fully saturated rings. The summed E-state index contributed by atoms with van der Waals surface area (Å²) in [7, 11) is -2.95. The first-order valence-corrected chi connectivity index (χ1v) is 11.3. The van der Waals surface area contributed by atoms with Crippen LogP contribution in [0.1, 0.15) is 10.4 Å². The van der Waals surface area contributed by atoms with Crippen LogP contribution in [0.15, 0.2) is 53.5 Å². The summed E-state index contributed by atoms with van der Waals surface area (Å²) in [6, 6.07) is 13.8. The van der Waals surface area contributed by atoms with Crippen LogP contribution in [0.5, 0.6) is 0 Å². The number of hydrogen-bond acceptors (Lipinski definition) is 6. The summed E-state index contributed by atoms with van der Waals surface area (Å²) in [5, 5.41) is 7.26. The third kappa shape index (κ3) is 4.28. The average molecular weight is 422 g/mol. The highest BCUT2D eigenvalue weighted by Crippen LogP contribution is 2.34. The van der Waals surface area contributed by atoms with Crippen LogP contribution in [0, 0.1) is 0 Å². The minimum atomic E-state index is -2.95. The van der Waals surface area contributed by atoms with Gasteiger partial charge >= 0.3 is 0 Å². The van der Waals surface area contributed by atoms with E-state index in [1.54, 1.807) is 48.5 Å². The fraction of sp³-hybridized carbons (Fsp3) is 0.222. The summed E-state index contributed by atoms with van der Waals surface area (Å²) in [6.07, 6.45) is 0. The number of amidine groups is 1. The van der Waals surface area contributed by atoms with Crippen molar-refractivity contribution < 1.29 is 13.2 Å². The number of fused-ring (bicyclic) bond motifs is 1. The molecule has 0 bridgehead atoms. The van der Waals surface area contributed by atoms with Crippen LogP contribution >= 0.6 is 23.4 Å². The predicted molar refractivity (Wildman–Crippen MR) is 111 cm³/mol. The second-order valence-electron chi connectivity index (χ2n) is 6.40. The zero-order valence-corrected chi connectivity index (χ0v) is 16.4. The molecule has 2 N–H and O–H groups in total. The molecule has 1 saturated heterocycles. The van der Waals surface area contributed by atoms with Crippen molar-refractivity contribution in [1.29, 1.82) is 0 Å². The van der Waals surface area contributed by atoms with Crippen molar-refractivity contribution in [3.8, 4) is 0 Å². The molecule has 9 heteroatoms. The molecule has 0 radical (unpaired) electrons. The first-order chi connectivity index (χ1) is 12.9. The van der Waals surface area contributed by atoms with E-state index in [0.717, 1.165) is 10.9 Å². The molecule has 0 aromatic heterocycles. The Morgan fingerprint density at radius 1 is 1.11 bits per heavy atom. The highest BCUT2D eigenvalue weighted by atomic mass is 35.5. The third-order valence-corrected chi connectivity index (χ3v) is 7.68. The Kier molecular flexibility index (Phi) is 4.88. The lowest BCUT2D eigenvalue weighted by Crippen LogP contribution is -2.13. The first-order valence-electron chi connectivity index (χ1n) is 8.27. The predicted octanol–water partition coefficient (Wildman–Crippen LogP) is 3.27. The lowest BCUT2D eigenvalue weighted by molar-refractivity contribution is 0.102. The van der Waals surface area contributed by atoms with Gasteiger partial charge in [0.15, 0.2) is 15.0 Å². The number of amides is 1. The van der Waals surface area contributed by atoms with Gasteiger partial charge in [0.2, 0.25) is 0 Å². The van der Waals surface area contributed by atoms with E-state index in [9.17, 15) is 13.2 Å². The number of hydrogen-bond donors (Lipinski definition) is 2. The van der Waals surface area contributed by atoms with E-state index in [1.807, 2.05) is 0 Å². The van der Waals surface area contributed by atoms with Crippen LogP contribution in [0.25, 0.3) is 0 Å². The van der Waals surface area contributed by atoms with E-state index < -0.39 is 9.84 Å². The number of anilines is 2. The SMILES string of the molecule is O=C(Nc1cccc(Cl)c1)c1ccc(NC2=N[C@@H]3CS(=O)(=O)C[C@H]3S2)cc1. The average Bonchev–Trinajstić information content (AvgIpc) is 3.08. The number of aliphatic imine (C=N–C) groups is 1. The largest absolute Gasteiger partial charge is 0.335 e. The van der Waals surface area contributed by atoms with Gasteiger partial charge in [0.25, 0.3) is 5.91 Å². The highest BCUT2D eigenvalue weighted by molar-refractivity contribution is 8.15. The molecular formula is C18H16ClN3O3S2.